The van der Waals surface area contributed by atoms with E-state index in [1.165, 1.54) is 12.1 Å². The number of carbonyl (C=O) groups is 1. The van der Waals surface area contributed by atoms with Crippen molar-refractivity contribution in [3.8, 4) is 0 Å². The second-order valence-electron chi connectivity index (χ2n) is 5.21. The summed E-state index contributed by atoms with van der Waals surface area (Å²) in [5.41, 5.74) is 1.16. The van der Waals surface area contributed by atoms with Crippen LogP contribution < -0.4 is 4.72 Å². The third-order valence-corrected chi connectivity index (χ3v) is 5.23. The van der Waals surface area contributed by atoms with E-state index in [9.17, 15) is 13.2 Å². The Bertz CT molecular complexity index is 648. The van der Waals surface area contributed by atoms with Gasteiger partial charge in [-0.3, -0.25) is 0 Å². The summed E-state index contributed by atoms with van der Waals surface area (Å²) in [6.45, 7) is 4.22. The minimum atomic E-state index is -3.75. The number of aromatic carboxylic acids is 1. The number of sulfonamides is 1. The third kappa shape index (κ3) is 3.61. The largest absolute Gasteiger partial charge is 0.478 e. The highest BCUT2D eigenvalue weighted by atomic mass is 32.2. The fourth-order valence-corrected chi connectivity index (χ4v) is 3.72. The molecule has 0 bridgehead atoms. The smallest absolute Gasteiger partial charge is 0.335 e. The minimum Gasteiger partial charge on any atom is -0.478 e. The van der Waals surface area contributed by atoms with Gasteiger partial charge in [0.15, 0.2) is 0 Å². The Balaban J connectivity index is 2.27. The van der Waals surface area contributed by atoms with E-state index in [1.807, 2.05) is 0 Å². The van der Waals surface area contributed by atoms with Gasteiger partial charge in [-0.15, -0.1) is 0 Å². The Labute approximate surface area is 124 Å². The molecule has 1 aliphatic heterocycles. The average Bonchev–Trinajstić information content (AvgIpc) is 2.92. The number of rotatable bonds is 5. The van der Waals surface area contributed by atoms with Gasteiger partial charge in [0.05, 0.1) is 16.6 Å². The van der Waals surface area contributed by atoms with Crippen molar-refractivity contribution in [1.82, 2.24) is 4.72 Å². The highest BCUT2D eigenvalue weighted by Gasteiger charge is 2.23. The second kappa shape index (κ2) is 6.13. The molecule has 0 aromatic heterocycles. The van der Waals surface area contributed by atoms with Crippen molar-refractivity contribution in [2.24, 2.45) is 0 Å². The normalized spacial score (nSPS) is 18.9. The molecular formula is C14H19NO5S. The predicted molar refractivity (Wildman–Crippen MR) is 77.0 cm³/mol. The van der Waals surface area contributed by atoms with Gasteiger partial charge in [-0.25, -0.2) is 17.9 Å². The zero-order chi connectivity index (χ0) is 15.6. The van der Waals surface area contributed by atoms with Crippen molar-refractivity contribution in [1.29, 1.82) is 0 Å². The maximum absolute atomic E-state index is 12.4. The topological polar surface area (TPSA) is 92.7 Å². The van der Waals surface area contributed by atoms with Crippen LogP contribution in [0.15, 0.2) is 17.0 Å². The van der Waals surface area contributed by atoms with Crippen molar-refractivity contribution < 1.29 is 23.1 Å². The lowest BCUT2D eigenvalue weighted by atomic mass is 10.1. The van der Waals surface area contributed by atoms with E-state index in [4.69, 9.17) is 9.84 Å². The van der Waals surface area contributed by atoms with Crippen LogP contribution >= 0.6 is 0 Å². The van der Waals surface area contributed by atoms with Gasteiger partial charge >= 0.3 is 5.97 Å². The van der Waals surface area contributed by atoms with Gasteiger partial charge in [-0.1, -0.05) is 0 Å². The summed E-state index contributed by atoms with van der Waals surface area (Å²) in [5, 5.41) is 9.06. The van der Waals surface area contributed by atoms with Gasteiger partial charge < -0.3 is 9.84 Å². The van der Waals surface area contributed by atoms with Crippen LogP contribution in [0.1, 0.15) is 34.3 Å². The number of ether oxygens (including phenoxy) is 1. The summed E-state index contributed by atoms with van der Waals surface area (Å²) in [5.74, 6) is -1.14. The molecule has 1 heterocycles. The summed E-state index contributed by atoms with van der Waals surface area (Å²) in [6.07, 6.45) is 1.65. The van der Waals surface area contributed by atoms with Crippen molar-refractivity contribution >= 4 is 16.0 Å². The molecule has 1 saturated heterocycles. The molecule has 0 aliphatic carbocycles. The van der Waals surface area contributed by atoms with Crippen LogP contribution in [0.5, 0.6) is 0 Å². The van der Waals surface area contributed by atoms with Gasteiger partial charge in [-0.05, 0) is 49.9 Å². The van der Waals surface area contributed by atoms with E-state index in [0.29, 0.717) is 17.7 Å². The Morgan fingerprint density at radius 3 is 2.71 bits per heavy atom. The molecule has 1 aromatic carbocycles. The Kier molecular flexibility index (Phi) is 4.65. The Hall–Kier alpha value is -1.44. The molecule has 6 nitrogen and oxygen atoms in total. The van der Waals surface area contributed by atoms with E-state index in [2.05, 4.69) is 4.72 Å². The van der Waals surface area contributed by atoms with E-state index in [1.54, 1.807) is 13.8 Å². The zero-order valence-electron chi connectivity index (χ0n) is 12.0. The highest BCUT2D eigenvalue weighted by Crippen LogP contribution is 2.21. The van der Waals surface area contributed by atoms with Gasteiger partial charge in [0, 0.05) is 13.2 Å². The fraction of sp³-hybridized carbons (Fsp3) is 0.500. The Morgan fingerprint density at radius 2 is 2.14 bits per heavy atom. The maximum Gasteiger partial charge on any atom is 0.335 e. The van der Waals surface area contributed by atoms with E-state index >= 15 is 0 Å². The number of aryl methyl sites for hydroxylation is 1. The summed E-state index contributed by atoms with van der Waals surface area (Å²) >= 11 is 0. The van der Waals surface area contributed by atoms with Gasteiger partial charge in [-0.2, -0.15) is 0 Å². The number of carboxylic acids is 1. The van der Waals surface area contributed by atoms with Crippen molar-refractivity contribution in [3.05, 3.63) is 28.8 Å². The number of hydrogen-bond acceptors (Lipinski definition) is 4. The lowest BCUT2D eigenvalue weighted by Gasteiger charge is -2.14. The van der Waals surface area contributed by atoms with Gasteiger partial charge in [0.25, 0.3) is 0 Å². The molecule has 116 valence electrons. The first kappa shape index (κ1) is 15.9. The molecule has 0 radical (unpaired) electrons. The second-order valence-corrected chi connectivity index (χ2v) is 6.94. The summed E-state index contributed by atoms with van der Waals surface area (Å²) in [7, 11) is -3.75. The molecule has 1 fully saturated rings. The molecule has 7 heteroatoms. The maximum atomic E-state index is 12.4. The van der Waals surface area contributed by atoms with Crippen LogP contribution in [0, 0.1) is 13.8 Å². The zero-order valence-corrected chi connectivity index (χ0v) is 12.9. The molecule has 21 heavy (non-hydrogen) atoms. The van der Waals surface area contributed by atoms with E-state index in [-0.39, 0.29) is 23.1 Å². The van der Waals surface area contributed by atoms with Crippen LogP contribution in [0.25, 0.3) is 0 Å². The standard InChI is InChI=1S/C14H19NO5S/c1-9-6-11(14(16)17)7-13(10(9)2)21(18,19)15-8-12-4-3-5-20-12/h6-7,12,15H,3-5,8H2,1-2H3,(H,16,17). The molecule has 1 aromatic rings. The summed E-state index contributed by atoms with van der Waals surface area (Å²) in [6, 6.07) is 2.67. The lowest BCUT2D eigenvalue weighted by Crippen LogP contribution is -2.32. The lowest BCUT2D eigenvalue weighted by molar-refractivity contribution is 0.0696. The fourth-order valence-electron chi connectivity index (χ4n) is 2.32. The molecule has 2 N–H and O–H groups in total. The van der Waals surface area contributed by atoms with Crippen LogP contribution in [0.3, 0.4) is 0 Å². The Morgan fingerprint density at radius 1 is 1.43 bits per heavy atom. The van der Waals surface area contributed by atoms with Gasteiger partial charge in [0.1, 0.15) is 0 Å². The molecule has 2 rings (SSSR count). The molecular weight excluding hydrogens is 294 g/mol. The van der Waals surface area contributed by atoms with Crippen LogP contribution in [0.2, 0.25) is 0 Å². The first-order valence-corrected chi connectivity index (χ1v) is 8.25. The molecule has 0 spiro atoms. The van der Waals surface area contributed by atoms with E-state index in [0.717, 1.165) is 12.8 Å². The summed E-state index contributed by atoms with van der Waals surface area (Å²) in [4.78, 5) is 11.1. The number of carboxylic acid groups (broad SMARTS) is 1. The van der Waals surface area contributed by atoms with Crippen molar-refractivity contribution in [2.75, 3.05) is 13.2 Å². The molecule has 1 aliphatic rings. The predicted octanol–water partition coefficient (Wildman–Crippen LogP) is 1.46. The molecule has 0 saturated carbocycles. The van der Waals surface area contributed by atoms with Crippen LogP contribution in [-0.2, 0) is 14.8 Å². The third-order valence-electron chi connectivity index (χ3n) is 3.68. The molecule has 1 unspecified atom stereocenters. The first-order valence-electron chi connectivity index (χ1n) is 6.77. The van der Waals surface area contributed by atoms with E-state index < -0.39 is 16.0 Å². The SMILES string of the molecule is Cc1cc(C(=O)O)cc(S(=O)(=O)NCC2CCCO2)c1C. The number of benzene rings is 1. The van der Waals surface area contributed by atoms with Crippen molar-refractivity contribution in [3.63, 3.8) is 0 Å². The minimum absolute atomic E-state index is 0.0119. The summed E-state index contributed by atoms with van der Waals surface area (Å²) < 4.78 is 32.6. The number of nitrogens with one attached hydrogen (secondary N) is 1. The van der Waals surface area contributed by atoms with Crippen molar-refractivity contribution in [2.45, 2.75) is 37.7 Å². The quantitative estimate of drug-likeness (QED) is 0.858. The highest BCUT2D eigenvalue weighted by molar-refractivity contribution is 7.89. The van der Waals surface area contributed by atoms with Gasteiger partial charge in [0.2, 0.25) is 10.0 Å². The monoisotopic (exact) mass is 313 g/mol. The average molecular weight is 313 g/mol. The van der Waals surface area contributed by atoms with Crippen LogP contribution in [-0.4, -0.2) is 38.7 Å². The number of hydrogen-bond donors (Lipinski definition) is 2. The molecule has 0 amide bonds. The molecule has 1 atom stereocenters. The first-order chi connectivity index (χ1) is 9.81. The van der Waals surface area contributed by atoms with Crippen LogP contribution in [0.4, 0.5) is 0 Å².